The number of hydrogen-bond donors (Lipinski definition) is 1. The van der Waals surface area contributed by atoms with Crippen molar-refractivity contribution in [1.82, 2.24) is 10.2 Å². The van der Waals surface area contributed by atoms with E-state index in [1.54, 1.807) is 30.3 Å². The normalized spacial score (nSPS) is 12.5. The van der Waals surface area contributed by atoms with E-state index in [1.165, 1.54) is 17.0 Å². The quantitative estimate of drug-likeness (QED) is 0.272. The molecule has 1 atom stereocenters. The van der Waals surface area contributed by atoms with E-state index in [0.29, 0.717) is 16.6 Å². The maximum atomic E-state index is 14.2. The Balaban J connectivity index is 1.79. The van der Waals surface area contributed by atoms with E-state index < -0.39 is 39.9 Å². The molecule has 4 aromatic carbocycles. The lowest BCUT2D eigenvalue weighted by Gasteiger charge is -2.35. The zero-order valence-corrected chi connectivity index (χ0v) is 25.1. The van der Waals surface area contributed by atoms with Crippen molar-refractivity contribution in [1.29, 1.82) is 0 Å². The molecule has 0 aliphatic rings. The number of carbonyl (C=O) groups excluding carboxylic acids is 2. The van der Waals surface area contributed by atoms with Crippen molar-refractivity contribution in [2.75, 3.05) is 17.1 Å². The Morgan fingerprint density at radius 1 is 0.833 bits per heavy atom. The Kier molecular flexibility index (Phi) is 9.31. The molecule has 4 aromatic rings. The van der Waals surface area contributed by atoms with Crippen LogP contribution in [0.1, 0.15) is 31.9 Å². The van der Waals surface area contributed by atoms with E-state index in [-0.39, 0.29) is 18.9 Å². The molecule has 220 valence electrons. The van der Waals surface area contributed by atoms with Crippen molar-refractivity contribution in [2.24, 2.45) is 0 Å². The summed E-state index contributed by atoms with van der Waals surface area (Å²) in [5.41, 5.74) is 1.21. The number of rotatable bonds is 10. The molecule has 1 N–H and O–H groups in total. The van der Waals surface area contributed by atoms with Crippen molar-refractivity contribution < 1.29 is 22.4 Å². The number of nitrogens with one attached hydrogen (secondary N) is 1. The number of amides is 2. The summed E-state index contributed by atoms with van der Waals surface area (Å²) in [5.74, 6) is -1.37. The third-order valence-electron chi connectivity index (χ3n) is 6.75. The first-order valence-electron chi connectivity index (χ1n) is 13.7. The second-order valence-electron chi connectivity index (χ2n) is 11.4. The standard InChI is InChI=1S/C33H36FN3O4S/c1-33(2,3)35-32(39)30(21-24-11-6-5-7-12-24)36(22-25-17-19-27(34)20-18-25)31(38)23-37(42(4,40)41)29-16-10-14-26-13-8-9-15-28(26)29/h5-20,30H,21-23H2,1-4H3,(H,35,39). The molecule has 42 heavy (non-hydrogen) atoms. The highest BCUT2D eigenvalue weighted by Crippen LogP contribution is 2.29. The summed E-state index contributed by atoms with van der Waals surface area (Å²) in [7, 11) is -3.91. The van der Waals surface area contributed by atoms with E-state index in [1.807, 2.05) is 75.4 Å². The number of nitrogens with zero attached hydrogens (tertiary/aromatic N) is 2. The minimum absolute atomic E-state index is 0.0265. The minimum Gasteiger partial charge on any atom is -0.350 e. The molecule has 0 saturated heterocycles. The first-order chi connectivity index (χ1) is 19.8. The second kappa shape index (κ2) is 12.7. The van der Waals surface area contributed by atoms with Crippen LogP contribution in [0.2, 0.25) is 0 Å². The number of halogens is 1. The highest BCUT2D eigenvalue weighted by molar-refractivity contribution is 7.92. The van der Waals surface area contributed by atoms with Crippen LogP contribution >= 0.6 is 0 Å². The van der Waals surface area contributed by atoms with E-state index in [9.17, 15) is 22.4 Å². The summed E-state index contributed by atoms with van der Waals surface area (Å²) in [6.45, 7) is 5.00. The van der Waals surface area contributed by atoms with Gasteiger partial charge in [-0.05, 0) is 55.5 Å². The SMILES string of the molecule is CC(C)(C)NC(=O)C(Cc1ccccc1)N(Cc1ccc(F)cc1)C(=O)CN(c1cccc2ccccc12)S(C)(=O)=O. The number of benzene rings is 4. The lowest BCUT2D eigenvalue weighted by atomic mass is 10.0. The highest BCUT2D eigenvalue weighted by Gasteiger charge is 2.34. The maximum Gasteiger partial charge on any atom is 0.244 e. The Hall–Kier alpha value is -4.24. The fourth-order valence-electron chi connectivity index (χ4n) is 4.81. The average Bonchev–Trinajstić information content (AvgIpc) is 2.93. The van der Waals surface area contributed by atoms with Gasteiger partial charge >= 0.3 is 0 Å². The predicted molar refractivity (Wildman–Crippen MR) is 165 cm³/mol. The molecule has 0 spiro atoms. The molecule has 0 aliphatic heterocycles. The molecule has 1 unspecified atom stereocenters. The zero-order valence-electron chi connectivity index (χ0n) is 24.2. The molecule has 0 aliphatic carbocycles. The van der Waals surface area contributed by atoms with Gasteiger partial charge in [0.25, 0.3) is 0 Å². The molecule has 0 saturated carbocycles. The van der Waals surface area contributed by atoms with Crippen LogP contribution in [0, 0.1) is 5.82 Å². The lowest BCUT2D eigenvalue weighted by molar-refractivity contribution is -0.140. The second-order valence-corrected chi connectivity index (χ2v) is 13.3. The molecule has 9 heteroatoms. The van der Waals surface area contributed by atoms with Gasteiger partial charge in [0.2, 0.25) is 21.8 Å². The monoisotopic (exact) mass is 589 g/mol. The third kappa shape index (κ3) is 7.94. The number of carbonyl (C=O) groups is 2. The molecular weight excluding hydrogens is 553 g/mol. The van der Waals surface area contributed by atoms with Crippen LogP contribution in [-0.4, -0.2) is 49.5 Å². The van der Waals surface area contributed by atoms with Crippen molar-refractivity contribution in [3.05, 3.63) is 114 Å². The van der Waals surface area contributed by atoms with Gasteiger partial charge in [-0.3, -0.25) is 13.9 Å². The molecule has 7 nitrogen and oxygen atoms in total. The maximum absolute atomic E-state index is 14.2. The van der Waals surface area contributed by atoms with Gasteiger partial charge in [0.1, 0.15) is 18.4 Å². The molecule has 0 fully saturated rings. The average molecular weight is 590 g/mol. The summed E-state index contributed by atoms with van der Waals surface area (Å²) in [5, 5.41) is 4.48. The third-order valence-corrected chi connectivity index (χ3v) is 7.88. The first kappa shape index (κ1) is 30.7. The molecule has 0 radical (unpaired) electrons. The molecule has 4 rings (SSSR count). The van der Waals surface area contributed by atoms with Crippen LogP contribution in [0.15, 0.2) is 97.1 Å². The number of sulfonamides is 1. The number of anilines is 1. The van der Waals surface area contributed by atoms with Gasteiger partial charge in [0.15, 0.2) is 0 Å². The predicted octanol–water partition coefficient (Wildman–Crippen LogP) is 5.30. The minimum atomic E-state index is -3.91. The summed E-state index contributed by atoms with van der Waals surface area (Å²) >= 11 is 0. The Labute approximate surface area is 247 Å². The number of fused-ring (bicyclic) bond motifs is 1. The molecule has 0 bridgehead atoms. The Bertz CT molecular complexity index is 1650. The Morgan fingerprint density at radius 2 is 1.45 bits per heavy atom. The van der Waals surface area contributed by atoms with Gasteiger partial charge in [0, 0.05) is 23.9 Å². The number of hydrogen-bond acceptors (Lipinski definition) is 4. The smallest absolute Gasteiger partial charge is 0.244 e. The largest absolute Gasteiger partial charge is 0.350 e. The van der Waals surface area contributed by atoms with Gasteiger partial charge in [-0.2, -0.15) is 0 Å². The summed E-state index contributed by atoms with van der Waals surface area (Å²) in [6, 6.07) is 26.6. The van der Waals surface area contributed by atoms with E-state index >= 15 is 0 Å². The van der Waals surface area contributed by atoms with Crippen LogP contribution in [-0.2, 0) is 32.6 Å². The van der Waals surface area contributed by atoms with Crippen LogP contribution in [0.5, 0.6) is 0 Å². The van der Waals surface area contributed by atoms with Gasteiger partial charge in [0.05, 0.1) is 11.9 Å². The van der Waals surface area contributed by atoms with Crippen LogP contribution in [0.25, 0.3) is 10.8 Å². The lowest BCUT2D eigenvalue weighted by Crippen LogP contribution is -2.56. The molecule has 0 heterocycles. The van der Waals surface area contributed by atoms with E-state index in [0.717, 1.165) is 21.5 Å². The summed E-state index contributed by atoms with van der Waals surface area (Å²) in [6.07, 6.45) is 1.25. The van der Waals surface area contributed by atoms with E-state index in [4.69, 9.17) is 0 Å². The van der Waals surface area contributed by atoms with Gasteiger partial charge < -0.3 is 10.2 Å². The van der Waals surface area contributed by atoms with Crippen molar-refractivity contribution in [3.63, 3.8) is 0 Å². The van der Waals surface area contributed by atoms with Gasteiger partial charge in [-0.25, -0.2) is 12.8 Å². The van der Waals surface area contributed by atoms with E-state index in [2.05, 4.69) is 5.32 Å². The van der Waals surface area contributed by atoms with Gasteiger partial charge in [-0.1, -0.05) is 78.9 Å². The van der Waals surface area contributed by atoms with Crippen LogP contribution < -0.4 is 9.62 Å². The fourth-order valence-corrected chi connectivity index (χ4v) is 5.68. The van der Waals surface area contributed by atoms with Crippen LogP contribution in [0.4, 0.5) is 10.1 Å². The Morgan fingerprint density at radius 3 is 2.10 bits per heavy atom. The molecule has 0 aromatic heterocycles. The zero-order chi connectivity index (χ0) is 30.5. The van der Waals surface area contributed by atoms with Crippen LogP contribution in [0.3, 0.4) is 0 Å². The topological polar surface area (TPSA) is 86.8 Å². The first-order valence-corrected chi connectivity index (χ1v) is 15.5. The van der Waals surface area contributed by atoms with Crippen molar-refractivity contribution in [3.8, 4) is 0 Å². The summed E-state index contributed by atoms with van der Waals surface area (Å²) < 4.78 is 41.1. The fraction of sp³-hybridized carbons (Fsp3) is 0.273. The molecule has 2 amide bonds. The van der Waals surface area contributed by atoms with Crippen molar-refractivity contribution >= 4 is 38.3 Å². The summed E-state index contributed by atoms with van der Waals surface area (Å²) in [4.78, 5) is 29.4. The van der Waals surface area contributed by atoms with Gasteiger partial charge in [-0.15, -0.1) is 0 Å². The van der Waals surface area contributed by atoms with Crippen molar-refractivity contribution in [2.45, 2.75) is 45.3 Å². The highest BCUT2D eigenvalue weighted by atomic mass is 32.2. The molecular formula is C33H36FN3O4S.